The van der Waals surface area contributed by atoms with Gasteiger partial charge in [0.15, 0.2) is 5.96 Å². The molecule has 3 rings (SSSR count). The SMILES string of the molecule is CN=C(NCc1ccc(Oc2ccc(F)cc2)nc1)NCc1cc(Cl)c(Cl)n1C. The van der Waals surface area contributed by atoms with E-state index in [9.17, 15) is 4.39 Å². The Morgan fingerprint density at radius 2 is 1.86 bits per heavy atom. The number of rotatable bonds is 6. The van der Waals surface area contributed by atoms with Crippen LogP contribution in [0, 0.1) is 5.82 Å². The first-order chi connectivity index (χ1) is 14.0. The fourth-order valence-electron chi connectivity index (χ4n) is 2.54. The topological polar surface area (TPSA) is 63.5 Å². The Balaban J connectivity index is 1.51. The number of ether oxygens (including phenoxy) is 1. The van der Waals surface area contributed by atoms with E-state index in [4.69, 9.17) is 27.9 Å². The van der Waals surface area contributed by atoms with Crippen molar-refractivity contribution in [1.29, 1.82) is 0 Å². The molecule has 0 saturated heterocycles. The minimum absolute atomic E-state index is 0.313. The molecule has 6 nitrogen and oxygen atoms in total. The maximum absolute atomic E-state index is 12.9. The lowest BCUT2D eigenvalue weighted by molar-refractivity contribution is 0.461. The van der Waals surface area contributed by atoms with Gasteiger partial charge in [-0.05, 0) is 35.9 Å². The highest BCUT2D eigenvalue weighted by molar-refractivity contribution is 6.41. The number of guanidine groups is 1. The van der Waals surface area contributed by atoms with Gasteiger partial charge in [-0.15, -0.1) is 0 Å². The van der Waals surface area contributed by atoms with Crippen LogP contribution in [0.2, 0.25) is 10.2 Å². The van der Waals surface area contributed by atoms with E-state index in [0.29, 0.717) is 40.9 Å². The Morgan fingerprint density at radius 1 is 1.14 bits per heavy atom. The Hall–Kier alpha value is -2.77. The zero-order valence-corrected chi connectivity index (χ0v) is 17.4. The van der Waals surface area contributed by atoms with Crippen LogP contribution in [0.15, 0.2) is 53.7 Å². The van der Waals surface area contributed by atoms with E-state index in [1.165, 1.54) is 12.1 Å². The van der Waals surface area contributed by atoms with Crippen molar-refractivity contribution < 1.29 is 9.13 Å². The summed E-state index contributed by atoms with van der Waals surface area (Å²) in [5.74, 6) is 1.27. The summed E-state index contributed by atoms with van der Waals surface area (Å²) in [6.45, 7) is 1.05. The lowest BCUT2D eigenvalue weighted by Crippen LogP contribution is -2.36. The molecule has 2 N–H and O–H groups in total. The molecule has 0 radical (unpaired) electrons. The molecule has 0 bridgehead atoms. The van der Waals surface area contributed by atoms with E-state index >= 15 is 0 Å². The Bertz CT molecular complexity index is 987. The fraction of sp³-hybridized carbons (Fsp3) is 0.200. The second-order valence-corrected chi connectivity index (χ2v) is 6.94. The van der Waals surface area contributed by atoms with E-state index in [2.05, 4.69) is 20.6 Å². The van der Waals surface area contributed by atoms with E-state index in [1.807, 2.05) is 23.7 Å². The standard InChI is InChI=1S/C20H20Cl2FN5O/c1-24-20(27-12-15-9-17(21)19(22)28(15)2)26-11-13-3-8-18(25-10-13)29-16-6-4-14(23)5-7-16/h3-10H,11-12H2,1-2H3,(H2,24,26,27). The van der Waals surface area contributed by atoms with Crippen LogP contribution < -0.4 is 15.4 Å². The van der Waals surface area contributed by atoms with E-state index in [0.717, 1.165) is 11.3 Å². The summed E-state index contributed by atoms with van der Waals surface area (Å²) in [4.78, 5) is 8.47. The second kappa shape index (κ2) is 9.62. The molecule has 2 heterocycles. The van der Waals surface area contributed by atoms with Crippen LogP contribution >= 0.6 is 23.2 Å². The van der Waals surface area contributed by atoms with Gasteiger partial charge in [0, 0.05) is 38.6 Å². The van der Waals surface area contributed by atoms with Crippen molar-refractivity contribution in [3.63, 3.8) is 0 Å². The maximum Gasteiger partial charge on any atom is 0.219 e. The van der Waals surface area contributed by atoms with Gasteiger partial charge in [0.1, 0.15) is 16.7 Å². The van der Waals surface area contributed by atoms with Crippen LogP contribution in [-0.4, -0.2) is 22.6 Å². The van der Waals surface area contributed by atoms with Gasteiger partial charge in [-0.1, -0.05) is 29.3 Å². The van der Waals surface area contributed by atoms with Crippen LogP contribution in [0.3, 0.4) is 0 Å². The zero-order chi connectivity index (χ0) is 20.8. The molecular weight excluding hydrogens is 416 g/mol. The molecule has 0 aliphatic carbocycles. The van der Waals surface area contributed by atoms with Crippen molar-refractivity contribution in [3.05, 3.63) is 75.9 Å². The summed E-state index contributed by atoms with van der Waals surface area (Å²) in [6.07, 6.45) is 1.70. The van der Waals surface area contributed by atoms with Gasteiger partial charge in [0.05, 0.1) is 11.6 Å². The van der Waals surface area contributed by atoms with Crippen molar-refractivity contribution in [3.8, 4) is 11.6 Å². The van der Waals surface area contributed by atoms with Crippen LogP contribution in [0.5, 0.6) is 11.6 Å². The van der Waals surface area contributed by atoms with Crippen molar-refractivity contribution in [1.82, 2.24) is 20.2 Å². The third kappa shape index (κ3) is 5.62. The molecule has 0 unspecified atom stereocenters. The number of benzene rings is 1. The molecule has 0 amide bonds. The first-order valence-electron chi connectivity index (χ1n) is 8.78. The molecule has 29 heavy (non-hydrogen) atoms. The van der Waals surface area contributed by atoms with Gasteiger partial charge in [0.2, 0.25) is 5.88 Å². The quantitative estimate of drug-likeness (QED) is 0.441. The molecule has 0 fully saturated rings. The van der Waals surface area contributed by atoms with Crippen molar-refractivity contribution in [2.75, 3.05) is 7.05 Å². The predicted octanol–water partition coefficient (Wildman–Crippen LogP) is 4.52. The lowest BCUT2D eigenvalue weighted by Gasteiger charge is -2.13. The predicted molar refractivity (Wildman–Crippen MR) is 113 cm³/mol. The summed E-state index contributed by atoms with van der Waals surface area (Å²) >= 11 is 12.1. The molecule has 0 atom stereocenters. The van der Waals surface area contributed by atoms with Gasteiger partial charge in [0.25, 0.3) is 0 Å². The molecule has 0 saturated carbocycles. The third-order valence-corrected chi connectivity index (χ3v) is 5.01. The number of pyridine rings is 1. The Kier molecular flexibility index (Phi) is 6.95. The minimum Gasteiger partial charge on any atom is -0.439 e. The highest BCUT2D eigenvalue weighted by Gasteiger charge is 2.09. The van der Waals surface area contributed by atoms with Crippen LogP contribution in [-0.2, 0) is 20.1 Å². The normalized spacial score (nSPS) is 11.4. The Morgan fingerprint density at radius 3 is 2.45 bits per heavy atom. The molecule has 0 aliphatic rings. The number of halogens is 3. The summed E-state index contributed by atoms with van der Waals surface area (Å²) < 4.78 is 20.3. The number of hydrogen-bond donors (Lipinski definition) is 2. The summed E-state index contributed by atoms with van der Waals surface area (Å²) in [7, 11) is 3.54. The van der Waals surface area contributed by atoms with Crippen LogP contribution in [0.25, 0.3) is 0 Å². The number of hydrogen-bond acceptors (Lipinski definition) is 3. The van der Waals surface area contributed by atoms with Gasteiger partial charge in [-0.2, -0.15) is 0 Å². The highest BCUT2D eigenvalue weighted by Crippen LogP contribution is 2.25. The van der Waals surface area contributed by atoms with Crippen molar-refractivity contribution in [2.24, 2.45) is 12.0 Å². The molecule has 2 aromatic heterocycles. The van der Waals surface area contributed by atoms with Crippen molar-refractivity contribution >= 4 is 29.2 Å². The average molecular weight is 436 g/mol. The largest absolute Gasteiger partial charge is 0.439 e. The van der Waals surface area contributed by atoms with Crippen molar-refractivity contribution in [2.45, 2.75) is 13.1 Å². The first-order valence-corrected chi connectivity index (χ1v) is 9.54. The third-order valence-electron chi connectivity index (χ3n) is 4.17. The molecule has 152 valence electrons. The van der Waals surface area contributed by atoms with Gasteiger partial charge in [-0.3, -0.25) is 4.99 Å². The van der Waals surface area contributed by atoms with E-state index < -0.39 is 0 Å². The van der Waals surface area contributed by atoms with E-state index in [1.54, 1.807) is 31.4 Å². The lowest BCUT2D eigenvalue weighted by atomic mass is 10.3. The summed E-state index contributed by atoms with van der Waals surface area (Å²) in [5.41, 5.74) is 1.89. The summed E-state index contributed by atoms with van der Waals surface area (Å²) in [6, 6.07) is 11.2. The molecular formula is C20H20Cl2FN5O. The number of aromatic nitrogens is 2. The van der Waals surface area contributed by atoms with Crippen LogP contribution in [0.1, 0.15) is 11.3 Å². The van der Waals surface area contributed by atoms with Gasteiger partial charge >= 0.3 is 0 Å². The average Bonchev–Trinajstić information content (AvgIpc) is 2.97. The number of nitrogens with zero attached hydrogens (tertiary/aromatic N) is 3. The number of aliphatic imine (C=N–C) groups is 1. The molecule has 0 spiro atoms. The smallest absolute Gasteiger partial charge is 0.219 e. The monoisotopic (exact) mass is 435 g/mol. The summed E-state index contributed by atoms with van der Waals surface area (Å²) in [5, 5.41) is 7.44. The maximum atomic E-state index is 12.9. The highest BCUT2D eigenvalue weighted by atomic mass is 35.5. The Labute approximate surface area is 178 Å². The molecule has 0 aliphatic heterocycles. The van der Waals surface area contributed by atoms with Gasteiger partial charge < -0.3 is 19.9 Å². The number of nitrogens with one attached hydrogen (secondary N) is 2. The molecule has 3 aromatic rings. The first kappa shape index (κ1) is 21.0. The second-order valence-electron chi connectivity index (χ2n) is 6.17. The minimum atomic E-state index is -0.313. The fourth-order valence-corrected chi connectivity index (χ4v) is 2.95. The van der Waals surface area contributed by atoms with Crippen LogP contribution in [0.4, 0.5) is 4.39 Å². The molecule has 1 aromatic carbocycles. The molecule has 9 heteroatoms. The van der Waals surface area contributed by atoms with E-state index in [-0.39, 0.29) is 5.82 Å². The zero-order valence-electron chi connectivity index (χ0n) is 15.9. The van der Waals surface area contributed by atoms with Gasteiger partial charge in [-0.25, -0.2) is 9.37 Å².